The van der Waals surface area contributed by atoms with Gasteiger partial charge in [0.2, 0.25) is 0 Å². The number of carbonyl (C=O) groups excluding carboxylic acids is 1. The van der Waals surface area contributed by atoms with Crippen molar-refractivity contribution >= 4 is 38.4 Å². The Bertz CT molecular complexity index is 778. The number of aromatic amines is 1. The SMILES string of the molecule is COc1ccc(Br)cc1NC(=O)c1cc2ccccc2[nH]1. The molecule has 2 N–H and O–H groups in total. The average Bonchev–Trinajstić information content (AvgIpc) is 2.91. The van der Waals surface area contributed by atoms with E-state index in [1.54, 1.807) is 19.2 Å². The van der Waals surface area contributed by atoms with Crippen LogP contribution in [0.15, 0.2) is 53.0 Å². The van der Waals surface area contributed by atoms with E-state index >= 15 is 0 Å². The van der Waals surface area contributed by atoms with E-state index in [2.05, 4.69) is 26.2 Å². The van der Waals surface area contributed by atoms with Crippen molar-refractivity contribution in [3.63, 3.8) is 0 Å². The van der Waals surface area contributed by atoms with Crippen LogP contribution in [0.25, 0.3) is 10.9 Å². The smallest absolute Gasteiger partial charge is 0.272 e. The zero-order valence-electron chi connectivity index (χ0n) is 11.3. The number of methoxy groups -OCH3 is 1. The Labute approximate surface area is 130 Å². The van der Waals surface area contributed by atoms with Crippen molar-refractivity contribution in [3.05, 3.63) is 58.7 Å². The largest absolute Gasteiger partial charge is 0.495 e. The summed E-state index contributed by atoms with van der Waals surface area (Å²) in [6, 6.07) is 15.1. The third-order valence-electron chi connectivity index (χ3n) is 3.18. The molecule has 0 atom stereocenters. The third kappa shape index (κ3) is 2.78. The van der Waals surface area contributed by atoms with Gasteiger partial charge in [-0.1, -0.05) is 34.1 Å². The molecule has 3 aromatic rings. The molecule has 0 radical (unpaired) electrons. The number of H-pyrrole nitrogens is 1. The first-order valence-electron chi connectivity index (χ1n) is 6.40. The molecule has 1 aromatic heterocycles. The highest BCUT2D eigenvalue weighted by Gasteiger charge is 2.12. The number of halogens is 1. The number of nitrogens with one attached hydrogen (secondary N) is 2. The van der Waals surface area contributed by atoms with Gasteiger partial charge in [0.05, 0.1) is 12.8 Å². The van der Waals surface area contributed by atoms with Gasteiger partial charge in [-0.15, -0.1) is 0 Å². The van der Waals surface area contributed by atoms with Gasteiger partial charge in [-0.05, 0) is 30.3 Å². The minimum absolute atomic E-state index is 0.206. The maximum absolute atomic E-state index is 12.3. The van der Waals surface area contributed by atoms with Gasteiger partial charge in [0.25, 0.3) is 5.91 Å². The maximum Gasteiger partial charge on any atom is 0.272 e. The fourth-order valence-electron chi connectivity index (χ4n) is 2.16. The number of hydrogen-bond donors (Lipinski definition) is 2. The van der Waals surface area contributed by atoms with Crippen LogP contribution < -0.4 is 10.1 Å². The van der Waals surface area contributed by atoms with Crippen LogP contribution in [0, 0.1) is 0 Å². The Morgan fingerprint density at radius 3 is 2.76 bits per heavy atom. The molecule has 4 nitrogen and oxygen atoms in total. The Balaban J connectivity index is 1.91. The summed E-state index contributed by atoms with van der Waals surface area (Å²) < 4.78 is 6.12. The summed E-state index contributed by atoms with van der Waals surface area (Å²) in [6.07, 6.45) is 0. The van der Waals surface area contributed by atoms with Crippen molar-refractivity contribution in [2.24, 2.45) is 0 Å². The summed E-state index contributed by atoms with van der Waals surface area (Å²) in [5.41, 5.74) is 2.07. The fourth-order valence-corrected chi connectivity index (χ4v) is 2.52. The number of amides is 1. The zero-order chi connectivity index (χ0) is 14.8. The van der Waals surface area contributed by atoms with Crippen molar-refractivity contribution in [3.8, 4) is 5.75 Å². The second kappa shape index (κ2) is 5.61. The van der Waals surface area contributed by atoms with Gasteiger partial charge in [-0.3, -0.25) is 4.79 Å². The fraction of sp³-hybridized carbons (Fsp3) is 0.0625. The van der Waals surface area contributed by atoms with Crippen molar-refractivity contribution in [1.82, 2.24) is 4.98 Å². The van der Waals surface area contributed by atoms with Crippen LogP contribution in [0.3, 0.4) is 0 Å². The summed E-state index contributed by atoms with van der Waals surface area (Å²) in [4.78, 5) is 15.5. The number of ether oxygens (including phenoxy) is 1. The molecule has 0 aliphatic carbocycles. The molecule has 2 aromatic carbocycles. The van der Waals surface area contributed by atoms with E-state index in [-0.39, 0.29) is 5.91 Å². The number of hydrogen-bond acceptors (Lipinski definition) is 2. The highest BCUT2D eigenvalue weighted by molar-refractivity contribution is 9.10. The molecular weight excluding hydrogens is 332 g/mol. The number of anilines is 1. The summed E-state index contributed by atoms with van der Waals surface area (Å²) in [7, 11) is 1.57. The Morgan fingerprint density at radius 2 is 2.00 bits per heavy atom. The number of para-hydroxylation sites is 1. The van der Waals surface area contributed by atoms with Crippen LogP contribution in [0.5, 0.6) is 5.75 Å². The van der Waals surface area contributed by atoms with Gasteiger partial charge in [0.1, 0.15) is 11.4 Å². The topological polar surface area (TPSA) is 54.1 Å². The van der Waals surface area contributed by atoms with E-state index in [4.69, 9.17) is 4.74 Å². The van der Waals surface area contributed by atoms with Gasteiger partial charge in [-0.25, -0.2) is 0 Å². The lowest BCUT2D eigenvalue weighted by molar-refractivity contribution is 0.102. The summed E-state index contributed by atoms with van der Waals surface area (Å²) in [6.45, 7) is 0. The Kier molecular flexibility index (Phi) is 3.66. The summed E-state index contributed by atoms with van der Waals surface area (Å²) in [5.74, 6) is 0.408. The van der Waals surface area contributed by atoms with Crippen LogP contribution in [0.1, 0.15) is 10.5 Å². The number of aromatic nitrogens is 1. The second-order valence-corrected chi connectivity index (χ2v) is 5.48. The number of fused-ring (bicyclic) bond motifs is 1. The second-order valence-electron chi connectivity index (χ2n) is 4.57. The molecular formula is C16H13BrN2O2. The van der Waals surface area contributed by atoms with E-state index in [0.29, 0.717) is 17.1 Å². The molecule has 21 heavy (non-hydrogen) atoms. The van der Waals surface area contributed by atoms with Crippen LogP contribution in [-0.4, -0.2) is 18.0 Å². The number of carbonyl (C=O) groups is 1. The highest BCUT2D eigenvalue weighted by Crippen LogP contribution is 2.28. The van der Waals surface area contributed by atoms with E-state index in [0.717, 1.165) is 15.4 Å². The van der Waals surface area contributed by atoms with E-state index in [1.807, 2.05) is 36.4 Å². The minimum atomic E-state index is -0.206. The quantitative estimate of drug-likeness (QED) is 0.748. The molecule has 0 aliphatic heterocycles. The van der Waals surface area contributed by atoms with Gasteiger partial charge in [0, 0.05) is 15.4 Å². The Morgan fingerprint density at radius 1 is 1.19 bits per heavy atom. The van der Waals surface area contributed by atoms with Crippen LogP contribution in [0.4, 0.5) is 5.69 Å². The predicted molar refractivity (Wildman–Crippen MR) is 86.9 cm³/mol. The minimum Gasteiger partial charge on any atom is -0.495 e. The van der Waals surface area contributed by atoms with Crippen LogP contribution in [-0.2, 0) is 0 Å². The zero-order valence-corrected chi connectivity index (χ0v) is 12.9. The van der Waals surface area contributed by atoms with E-state index < -0.39 is 0 Å². The summed E-state index contributed by atoms with van der Waals surface area (Å²) >= 11 is 3.39. The molecule has 5 heteroatoms. The van der Waals surface area contributed by atoms with Gasteiger partial charge < -0.3 is 15.0 Å². The normalized spacial score (nSPS) is 10.6. The third-order valence-corrected chi connectivity index (χ3v) is 3.68. The average molecular weight is 345 g/mol. The van der Waals surface area contributed by atoms with Crippen molar-refractivity contribution < 1.29 is 9.53 Å². The van der Waals surface area contributed by atoms with Gasteiger partial charge in [0.15, 0.2) is 0 Å². The molecule has 106 valence electrons. The number of benzene rings is 2. The van der Waals surface area contributed by atoms with Crippen LogP contribution >= 0.6 is 15.9 Å². The standard InChI is InChI=1S/C16H13BrN2O2/c1-21-15-7-6-11(17)9-13(15)19-16(20)14-8-10-4-2-3-5-12(10)18-14/h2-9,18H,1H3,(H,19,20). The lowest BCUT2D eigenvalue weighted by atomic mass is 10.2. The maximum atomic E-state index is 12.3. The molecule has 0 saturated heterocycles. The molecule has 0 saturated carbocycles. The van der Waals surface area contributed by atoms with Gasteiger partial charge >= 0.3 is 0 Å². The molecule has 0 spiro atoms. The summed E-state index contributed by atoms with van der Waals surface area (Å²) in [5, 5.41) is 3.86. The first-order valence-corrected chi connectivity index (χ1v) is 7.19. The molecule has 0 fully saturated rings. The van der Waals surface area contributed by atoms with Crippen molar-refractivity contribution in [1.29, 1.82) is 0 Å². The van der Waals surface area contributed by atoms with Crippen molar-refractivity contribution in [2.45, 2.75) is 0 Å². The predicted octanol–water partition coefficient (Wildman–Crippen LogP) is 4.19. The molecule has 0 unspecified atom stereocenters. The Hall–Kier alpha value is -2.27. The van der Waals surface area contributed by atoms with Gasteiger partial charge in [-0.2, -0.15) is 0 Å². The first kappa shape index (κ1) is 13.7. The van der Waals surface area contributed by atoms with E-state index in [9.17, 15) is 4.79 Å². The monoisotopic (exact) mass is 344 g/mol. The molecule has 1 heterocycles. The lowest BCUT2D eigenvalue weighted by Gasteiger charge is -2.09. The van der Waals surface area contributed by atoms with Crippen LogP contribution in [0.2, 0.25) is 0 Å². The lowest BCUT2D eigenvalue weighted by Crippen LogP contribution is -2.13. The molecule has 0 bridgehead atoms. The van der Waals surface area contributed by atoms with E-state index in [1.165, 1.54) is 0 Å². The first-order chi connectivity index (χ1) is 10.2. The van der Waals surface area contributed by atoms with Crippen molar-refractivity contribution in [2.75, 3.05) is 12.4 Å². The highest BCUT2D eigenvalue weighted by atomic mass is 79.9. The molecule has 1 amide bonds. The number of rotatable bonds is 3. The molecule has 3 rings (SSSR count). The molecule has 0 aliphatic rings.